The van der Waals surface area contributed by atoms with Crippen LogP contribution in [0.15, 0.2) is 35.2 Å². The van der Waals surface area contributed by atoms with Crippen LogP contribution in [0.2, 0.25) is 5.02 Å². The van der Waals surface area contributed by atoms with E-state index in [1.54, 1.807) is 10.9 Å². The van der Waals surface area contributed by atoms with Crippen LogP contribution in [0, 0.1) is 5.41 Å². The van der Waals surface area contributed by atoms with E-state index in [1.807, 2.05) is 34.1 Å². The number of rotatable bonds is 3. The number of benzene rings is 1. The van der Waals surface area contributed by atoms with E-state index in [9.17, 15) is 9.59 Å². The Bertz CT molecular complexity index is 785. The van der Waals surface area contributed by atoms with E-state index >= 15 is 0 Å². The van der Waals surface area contributed by atoms with E-state index < -0.39 is 0 Å². The zero-order chi connectivity index (χ0) is 17.4. The van der Waals surface area contributed by atoms with Crippen LogP contribution in [0.1, 0.15) is 22.5 Å². The van der Waals surface area contributed by atoms with Crippen molar-refractivity contribution in [3.05, 3.63) is 51.4 Å². The van der Waals surface area contributed by atoms with Crippen LogP contribution in [0.4, 0.5) is 0 Å². The van der Waals surface area contributed by atoms with Crippen LogP contribution >= 0.6 is 22.9 Å². The zero-order valence-electron chi connectivity index (χ0n) is 13.7. The smallest absolute Gasteiger partial charge is 0.273 e. The van der Waals surface area contributed by atoms with Crippen molar-refractivity contribution in [2.75, 3.05) is 26.2 Å². The van der Waals surface area contributed by atoms with Gasteiger partial charge in [-0.3, -0.25) is 9.59 Å². The highest BCUT2D eigenvalue weighted by Gasteiger charge is 2.50. The van der Waals surface area contributed by atoms with Gasteiger partial charge in [-0.2, -0.15) is 0 Å². The third-order valence-corrected chi connectivity index (χ3v) is 5.89. The molecule has 0 bridgehead atoms. The Morgan fingerprint density at radius 2 is 1.88 bits per heavy atom. The monoisotopic (exact) mass is 375 g/mol. The van der Waals surface area contributed by atoms with Gasteiger partial charge in [-0.25, -0.2) is 4.98 Å². The lowest BCUT2D eigenvalue weighted by atomic mass is 9.79. The maximum atomic E-state index is 12.5. The standard InChI is InChI=1S/C18H18ClN3O2S/c19-14-3-1-13(2-4-14)7-16(23)21-6-5-18(9-21)10-22(11-18)17(24)15-8-25-12-20-15/h1-4,8,12H,5-7,9-11H2. The molecule has 2 amide bonds. The number of nitrogens with zero attached hydrogens (tertiary/aromatic N) is 3. The van der Waals surface area contributed by atoms with Crippen LogP contribution in [-0.2, 0) is 11.2 Å². The number of halogens is 1. The molecule has 3 heterocycles. The Balaban J connectivity index is 1.32. The number of amides is 2. The van der Waals surface area contributed by atoms with Gasteiger partial charge in [-0.15, -0.1) is 11.3 Å². The summed E-state index contributed by atoms with van der Waals surface area (Å²) in [5.74, 6) is 0.140. The summed E-state index contributed by atoms with van der Waals surface area (Å²) in [7, 11) is 0. The fourth-order valence-electron chi connectivity index (χ4n) is 3.68. The number of hydrogen-bond acceptors (Lipinski definition) is 4. The molecule has 2 fully saturated rings. The summed E-state index contributed by atoms with van der Waals surface area (Å²) in [6.45, 7) is 2.94. The Morgan fingerprint density at radius 1 is 1.16 bits per heavy atom. The second kappa shape index (κ2) is 6.42. The molecular formula is C18H18ClN3O2S. The molecule has 1 aromatic heterocycles. The van der Waals surface area contributed by atoms with Gasteiger partial charge in [0.25, 0.3) is 5.91 Å². The van der Waals surface area contributed by atoms with Gasteiger partial charge in [0, 0.05) is 42.0 Å². The van der Waals surface area contributed by atoms with E-state index in [-0.39, 0.29) is 17.2 Å². The number of carbonyl (C=O) groups excluding carboxylic acids is 2. The SMILES string of the molecule is O=C(Cc1ccc(Cl)cc1)N1CCC2(C1)CN(C(=O)c1cscn1)C2. The number of thiazole rings is 1. The average Bonchev–Trinajstić information content (AvgIpc) is 3.25. The van der Waals surface area contributed by atoms with Gasteiger partial charge in [0.2, 0.25) is 5.91 Å². The van der Waals surface area contributed by atoms with Crippen molar-refractivity contribution in [3.8, 4) is 0 Å². The first-order chi connectivity index (χ1) is 12.0. The summed E-state index contributed by atoms with van der Waals surface area (Å²) in [4.78, 5) is 32.7. The maximum Gasteiger partial charge on any atom is 0.273 e. The lowest BCUT2D eigenvalue weighted by Crippen LogP contribution is -2.59. The average molecular weight is 376 g/mol. The van der Waals surface area contributed by atoms with Gasteiger partial charge in [0.15, 0.2) is 0 Å². The molecule has 4 rings (SSSR count). The van der Waals surface area contributed by atoms with Gasteiger partial charge in [0.1, 0.15) is 5.69 Å². The predicted octanol–water partition coefficient (Wildman–Crippen LogP) is 2.71. The second-order valence-electron chi connectivity index (χ2n) is 6.90. The molecule has 0 N–H and O–H groups in total. The van der Waals surface area contributed by atoms with Crippen molar-refractivity contribution in [1.29, 1.82) is 0 Å². The van der Waals surface area contributed by atoms with Crippen LogP contribution in [0.25, 0.3) is 0 Å². The minimum Gasteiger partial charge on any atom is -0.342 e. The number of likely N-dealkylation sites (tertiary alicyclic amines) is 2. The van der Waals surface area contributed by atoms with E-state index in [1.165, 1.54) is 11.3 Å². The van der Waals surface area contributed by atoms with Crippen molar-refractivity contribution >= 4 is 34.8 Å². The van der Waals surface area contributed by atoms with Crippen molar-refractivity contribution in [1.82, 2.24) is 14.8 Å². The highest BCUT2D eigenvalue weighted by Crippen LogP contribution is 2.40. The van der Waals surface area contributed by atoms with Crippen LogP contribution in [-0.4, -0.2) is 52.8 Å². The van der Waals surface area contributed by atoms with E-state index in [4.69, 9.17) is 11.6 Å². The summed E-state index contributed by atoms with van der Waals surface area (Å²) < 4.78 is 0. The third kappa shape index (κ3) is 3.28. The van der Waals surface area contributed by atoms with Crippen molar-refractivity contribution < 1.29 is 9.59 Å². The Hall–Kier alpha value is -1.92. The molecule has 130 valence electrons. The molecular weight excluding hydrogens is 358 g/mol. The fourth-order valence-corrected chi connectivity index (χ4v) is 4.33. The van der Waals surface area contributed by atoms with Gasteiger partial charge >= 0.3 is 0 Å². The highest BCUT2D eigenvalue weighted by molar-refractivity contribution is 7.07. The van der Waals surface area contributed by atoms with E-state index in [0.29, 0.717) is 30.2 Å². The maximum absolute atomic E-state index is 12.5. The molecule has 0 atom stereocenters. The topological polar surface area (TPSA) is 53.5 Å². The first-order valence-corrected chi connectivity index (χ1v) is 9.56. The van der Waals surface area contributed by atoms with Crippen molar-refractivity contribution in [2.24, 2.45) is 5.41 Å². The molecule has 1 aromatic carbocycles. The zero-order valence-corrected chi connectivity index (χ0v) is 15.2. The summed E-state index contributed by atoms with van der Waals surface area (Å²) in [5.41, 5.74) is 3.24. The first kappa shape index (κ1) is 16.5. The molecule has 2 aliphatic rings. The summed E-state index contributed by atoms with van der Waals surface area (Å²) >= 11 is 7.31. The molecule has 5 nitrogen and oxygen atoms in total. The van der Waals surface area contributed by atoms with Crippen LogP contribution in [0.5, 0.6) is 0 Å². The second-order valence-corrected chi connectivity index (χ2v) is 8.06. The highest BCUT2D eigenvalue weighted by atomic mass is 35.5. The number of carbonyl (C=O) groups is 2. The van der Waals surface area contributed by atoms with Gasteiger partial charge in [-0.1, -0.05) is 23.7 Å². The quantitative estimate of drug-likeness (QED) is 0.828. The summed E-state index contributed by atoms with van der Waals surface area (Å²) in [6.07, 6.45) is 1.36. The molecule has 0 aliphatic carbocycles. The molecule has 0 radical (unpaired) electrons. The normalized spacial score (nSPS) is 18.4. The Morgan fingerprint density at radius 3 is 2.56 bits per heavy atom. The molecule has 0 unspecified atom stereocenters. The van der Waals surface area contributed by atoms with Gasteiger partial charge in [-0.05, 0) is 24.1 Å². The van der Waals surface area contributed by atoms with Crippen molar-refractivity contribution in [2.45, 2.75) is 12.8 Å². The van der Waals surface area contributed by atoms with Crippen molar-refractivity contribution in [3.63, 3.8) is 0 Å². The van der Waals surface area contributed by atoms with Gasteiger partial charge in [0.05, 0.1) is 11.9 Å². The fraction of sp³-hybridized carbons (Fsp3) is 0.389. The molecule has 2 aliphatic heterocycles. The summed E-state index contributed by atoms with van der Waals surface area (Å²) in [6, 6.07) is 7.40. The predicted molar refractivity (Wildman–Crippen MR) is 96.8 cm³/mol. The van der Waals surface area contributed by atoms with E-state index in [0.717, 1.165) is 25.1 Å². The molecule has 1 spiro atoms. The first-order valence-electron chi connectivity index (χ1n) is 8.24. The lowest BCUT2D eigenvalue weighted by Gasteiger charge is -2.47. The largest absolute Gasteiger partial charge is 0.342 e. The molecule has 25 heavy (non-hydrogen) atoms. The number of aromatic nitrogens is 1. The Labute approximate surface area is 155 Å². The Kier molecular flexibility index (Phi) is 4.25. The van der Waals surface area contributed by atoms with Crippen LogP contribution in [0.3, 0.4) is 0 Å². The lowest BCUT2D eigenvalue weighted by molar-refractivity contribution is -0.130. The third-order valence-electron chi connectivity index (χ3n) is 5.05. The minimum atomic E-state index is -0.00202. The molecule has 0 saturated carbocycles. The molecule has 7 heteroatoms. The molecule has 2 saturated heterocycles. The number of hydrogen-bond donors (Lipinski definition) is 0. The van der Waals surface area contributed by atoms with Gasteiger partial charge < -0.3 is 9.80 Å². The molecule has 2 aromatic rings. The van der Waals surface area contributed by atoms with E-state index in [2.05, 4.69) is 4.98 Å². The minimum absolute atomic E-state index is 0.00202. The van der Waals surface area contributed by atoms with Crippen LogP contribution < -0.4 is 0 Å². The summed E-state index contributed by atoms with van der Waals surface area (Å²) in [5, 5.41) is 2.46.